The molecule has 0 bridgehead atoms. The molecule has 0 aromatic carbocycles. The molecule has 2 heteroatoms. The Morgan fingerprint density at radius 3 is 2.09 bits per heavy atom. The molecule has 1 atom stereocenters. The van der Waals surface area contributed by atoms with Crippen LogP contribution in [0.4, 0.5) is 0 Å². The van der Waals surface area contributed by atoms with E-state index in [0.717, 1.165) is 12.4 Å². The third-order valence-corrected chi connectivity index (χ3v) is 2.52. The Kier molecular flexibility index (Phi) is 4.42. The van der Waals surface area contributed by atoms with E-state index >= 15 is 0 Å². The molecule has 0 saturated carbocycles. The van der Waals surface area contributed by atoms with Gasteiger partial charge < -0.3 is 4.90 Å². The molecule has 0 rings (SSSR count). The maximum Gasteiger partial charge on any atom is 0.0351 e. The Balaban J connectivity index is 3.91. The van der Waals surface area contributed by atoms with E-state index in [1.807, 2.05) is 0 Å². The molecule has 0 heterocycles. The number of hydrogen-bond acceptors (Lipinski definition) is 1. The monoisotopic (exact) mass is 177 g/mol. The van der Waals surface area contributed by atoms with Crippen LogP contribution in [-0.2, 0) is 0 Å². The average Bonchev–Trinajstić information content (AvgIpc) is 1.85. The molecule has 0 radical (unpaired) electrons. The highest BCUT2D eigenvalue weighted by atomic mass is 35.5. The summed E-state index contributed by atoms with van der Waals surface area (Å²) in [6, 6.07) is 0.584. The number of alkyl halides is 1. The largest absolute Gasteiger partial charge is 0.302 e. The molecule has 0 aliphatic carbocycles. The van der Waals surface area contributed by atoms with Crippen LogP contribution in [0.15, 0.2) is 0 Å². The van der Waals surface area contributed by atoms with Crippen LogP contribution in [0.3, 0.4) is 0 Å². The fourth-order valence-corrected chi connectivity index (χ4v) is 1.25. The summed E-state index contributed by atoms with van der Waals surface area (Å²) in [4.78, 5) is 2.30. The maximum atomic E-state index is 5.65. The van der Waals surface area contributed by atoms with E-state index in [4.69, 9.17) is 11.6 Å². The fourth-order valence-electron chi connectivity index (χ4n) is 0.988. The van der Waals surface area contributed by atoms with Crippen molar-refractivity contribution in [1.29, 1.82) is 0 Å². The van der Waals surface area contributed by atoms with E-state index in [-0.39, 0.29) is 0 Å². The topological polar surface area (TPSA) is 3.24 Å². The Labute approximate surface area is 75.7 Å². The zero-order valence-corrected chi connectivity index (χ0v) is 9.07. The molecule has 0 spiro atoms. The average molecular weight is 178 g/mol. The molecule has 0 aromatic heterocycles. The van der Waals surface area contributed by atoms with Gasteiger partial charge in [-0.15, -0.1) is 11.6 Å². The highest BCUT2D eigenvalue weighted by molar-refractivity contribution is 6.18. The first-order valence-electron chi connectivity index (χ1n) is 4.15. The van der Waals surface area contributed by atoms with Gasteiger partial charge in [0.2, 0.25) is 0 Å². The van der Waals surface area contributed by atoms with Crippen LogP contribution in [0.25, 0.3) is 0 Å². The van der Waals surface area contributed by atoms with Crippen LogP contribution in [0.5, 0.6) is 0 Å². The lowest BCUT2D eigenvalue weighted by molar-refractivity contribution is 0.148. The zero-order valence-electron chi connectivity index (χ0n) is 8.32. The lowest BCUT2D eigenvalue weighted by Crippen LogP contribution is -2.40. The van der Waals surface area contributed by atoms with Crippen LogP contribution in [-0.4, -0.2) is 30.4 Å². The molecular formula is C9H20ClN. The van der Waals surface area contributed by atoms with Gasteiger partial charge in [-0.05, 0) is 19.4 Å². The normalized spacial score (nSPS) is 15.5. The van der Waals surface area contributed by atoms with Crippen molar-refractivity contribution in [2.24, 2.45) is 5.41 Å². The van der Waals surface area contributed by atoms with Crippen molar-refractivity contribution in [3.63, 3.8) is 0 Å². The van der Waals surface area contributed by atoms with Crippen LogP contribution in [0, 0.1) is 5.41 Å². The second-order valence-electron chi connectivity index (χ2n) is 4.21. The van der Waals surface area contributed by atoms with Gasteiger partial charge in [-0.1, -0.05) is 20.8 Å². The summed E-state index contributed by atoms with van der Waals surface area (Å²) in [6.07, 6.45) is 0. The van der Waals surface area contributed by atoms with Crippen molar-refractivity contribution in [3.8, 4) is 0 Å². The Bertz CT molecular complexity index is 107. The molecule has 0 fully saturated rings. The van der Waals surface area contributed by atoms with Gasteiger partial charge in [0.25, 0.3) is 0 Å². The first-order chi connectivity index (χ1) is 4.89. The van der Waals surface area contributed by atoms with E-state index in [1.165, 1.54) is 0 Å². The summed E-state index contributed by atoms with van der Waals surface area (Å²) in [5, 5.41) is 0. The lowest BCUT2D eigenvalue weighted by atomic mass is 9.87. The third kappa shape index (κ3) is 3.97. The van der Waals surface area contributed by atoms with Gasteiger partial charge in [-0.3, -0.25) is 0 Å². The molecule has 0 amide bonds. The van der Waals surface area contributed by atoms with Crippen molar-refractivity contribution >= 4 is 11.6 Å². The van der Waals surface area contributed by atoms with Gasteiger partial charge in [-0.25, -0.2) is 0 Å². The molecule has 0 aromatic rings. The molecule has 1 nitrogen and oxygen atoms in total. The molecule has 0 aliphatic rings. The van der Waals surface area contributed by atoms with E-state index in [9.17, 15) is 0 Å². The van der Waals surface area contributed by atoms with Gasteiger partial charge in [0.05, 0.1) is 0 Å². The SMILES string of the molecule is CC(N(C)CCCl)C(C)(C)C. The van der Waals surface area contributed by atoms with Crippen molar-refractivity contribution in [1.82, 2.24) is 4.90 Å². The molecule has 11 heavy (non-hydrogen) atoms. The Hall–Kier alpha value is 0.250. The number of halogens is 1. The van der Waals surface area contributed by atoms with Gasteiger partial charge in [0.15, 0.2) is 0 Å². The fraction of sp³-hybridized carbons (Fsp3) is 1.00. The summed E-state index contributed by atoms with van der Waals surface area (Å²) < 4.78 is 0. The van der Waals surface area contributed by atoms with Crippen molar-refractivity contribution in [3.05, 3.63) is 0 Å². The summed E-state index contributed by atoms with van der Waals surface area (Å²) in [6.45, 7) is 9.97. The van der Waals surface area contributed by atoms with Crippen molar-refractivity contribution in [2.45, 2.75) is 33.7 Å². The molecule has 0 N–H and O–H groups in total. The lowest BCUT2D eigenvalue weighted by Gasteiger charge is -2.34. The van der Waals surface area contributed by atoms with Crippen LogP contribution in [0.2, 0.25) is 0 Å². The smallest absolute Gasteiger partial charge is 0.0351 e. The highest BCUT2D eigenvalue weighted by Crippen LogP contribution is 2.22. The molecule has 68 valence electrons. The highest BCUT2D eigenvalue weighted by Gasteiger charge is 2.22. The molecular weight excluding hydrogens is 158 g/mol. The van der Waals surface area contributed by atoms with Gasteiger partial charge in [0, 0.05) is 18.5 Å². The van der Waals surface area contributed by atoms with Gasteiger partial charge in [-0.2, -0.15) is 0 Å². The first-order valence-corrected chi connectivity index (χ1v) is 4.69. The van der Waals surface area contributed by atoms with E-state index in [2.05, 4.69) is 39.6 Å². The summed E-state index contributed by atoms with van der Waals surface area (Å²) in [7, 11) is 2.12. The minimum Gasteiger partial charge on any atom is -0.302 e. The quantitative estimate of drug-likeness (QED) is 0.600. The second kappa shape index (κ2) is 4.32. The van der Waals surface area contributed by atoms with Crippen molar-refractivity contribution in [2.75, 3.05) is 19.5 Å². The van der Waals surface area contributed by atoms with Crippen LogP contribution < -0.4 is 0 Å². The third-order valence-electron chi connectivity index (χ3n) is 2.35. The minimum atomic E-state index is 0.348. The predicted octanol–water partition coefficient (Wildman–Crippen LogP) is 2.59. The van der Waals surface area contributed by atoms with Crippen LogP contribution >= 0.6 is 11.6 Å². The molecule has 0 aliphatic heterocycles. The standard InChI is InChI=1S/C9H20ClN/c1-8(9(2,3)4)11(5)7-6-10/h8H,6-7H2,1-5H3. The number of rotatable bonds is 3. The molecule has 1 unspecified atom stereocenters. The van der Waals surface area contributed by atoms with Gasteiger partial charge in [0.1, 0.15) is 0 Å². The number of hydrogen-bond donors (Lipinski definition) is 0. The van der Waals surface area contributed by atoms with Gasteiger partial charge >= 0.3 is 0 Å². The van der Waals surface area contributed by atoms with Crippen molar-refractivity contribution < 1.29 is 0 Å². The summed E-state index contributed by atoms with van der Waals surface area (Å²) in [5.74, 6) is 0.719. The minimum absolute atomic E-state index is 0.348. The molecule has 0 saturated heterocycles. The first kappa shape index (κ1) is 11.2. The maximum absolute atomic E-state index is 5.65. The Morgan fingerprint density at radius 1 is 1.36 bits per heavy atom. The van der Waals surface area contributed by atoms with Crippen LogP contribution in [0.1, 0.15) is 27.7 Å². The van der Waals surface area contributed by atoms with E-state index in [0.29, 0.717) is 11.5 Å². The second-order valence-corrected chi connectivity index (χ2v) is 4.59. The predicted molar refractivity (Wildman–Crippen MR) is 52.3 cm³/mol. The zero-order chi connectivity index (χ0) is 9.07. The summed E-state index contributed by atoms with van der Waals surface area (Å²) in [5.41, 5.74) is 0.348. The van der Waals surface area contributed by atoms with E-state index in [1.54, 1.807) is 0 Å². The summed E-state index contributed by atoms with van der Waals surface area (Å²) >= 11 is 5.65. The Morgan fingerprint density at radius 2 is 1.82 bits per heavy atom. The number of nitrogens with zero attached hydrogens (tertiary/aromatic N) is 1. The van der Waals surface area contributed by atoms with E-state index < -0.39 is 0 Å².